The van der Waals surface area contributed by atoms with E-state index < -0.39 is 5.41 Å². The van der Waals surface area contributed by atoms with Crippen LogP contribution in [0.2, 0.25) is 0 Å². The second-order valence-electron chi connectivity index (χ2n) is 18.8. The number of nitrogens with zero attached hydrogens (tertiary/aromatic N) is 2. The van der Waals surface area contributed by atoms with Crippen molar-refractivity contribution >= 4 is 56.1 Å². The fourth-order valence-electron chi connectivity index (χ4n) is 11.9. The van der Waals surface area contributed by atoms with Crippen LogP contribution in [0.3, 0.4) is 0 Å². The van der Waals surface area contributed by atoms with Crippen molar-refractivity contribution in [1.29, 1.82) is 0 Å². The van der Waals surface area contributed by atoms with Crippen molar-refractivity contribution in [3.05, 3.63) is 300 Å². The lowest BCUT2D eigenvalue weighted by molar-refractivity contribution is 0.658. The summed E-state index contributed by atoms with van der Waals surface area (Å²) in [5.41, 5.74) is 19.3. The van der Waals surface area contributed by atoms with E-state index in [9.17, 15) is 0 Å². The second-order valence-corrected chi connectivity index (χ2v) is 18.8. The first-order valence-electron chi connectivity index (χ1n) is 24.6. The zero-order valence-corrected chi connectivity index (χ0v) is 39.1. The van der Waals surface area contributed by atoms with Gasteiger partial charge in [-0.1, -0.05) is 219 Å². The molecule has 70 heavy (non-hydrogen) atoms. The van der Waals surface area contributed by atoms with Crippen molar-refractivity contribution < 1.29 is 0 Å². The Kier molecular flexibility index (Phi) is 10.1. The van der Waals surface area contributed by atoms with Crippen LogP contribution in [-0.2, 0) is 11.8 Å². The van der Waals surface area contributed by atoms with Crippen molar-refractivity contribution in [2.75, 3.05) is 9.80 Å². The first-order valence-corrected chi connectivity index (χ1v) is 24.6. The van der Waals surface area contributed by atoms with E-state index in [1.165, 1.54) is 88.6 Å². The number of benzene rings is 11. The van der Waals surface area contributed by atoms with Gasteiger partial charge >= 0.3 is 0 Å². The minimum atomic E-state index is -0.464. The van der Waals surface area contributed by atoms with Crippen molar-refractivity contribution in [3.8, 4) is 22.3 Å². The van der Waals surface area contributed by atoms with Gasteiger partial charge in [-0.2, -0.15) is 0 Å². The summed E-state index contributed by atoms with van der Waals surface area (Å²) in [5, 5.41) is 4.91. The molecule has 13 rings (SSSR count). The molecule has 2 nitrogen and oxygen atoms in total. The lowest BCUT2D eigenvalue weighted by atomic mass is 9.68. The van der Waals surface area contributed by atoms with Crippen LogP contribution in [0.5, 0.6) is 0 Å². The predicted octanol–water partition coefficient (Wildman–Crippen LogP) is 17.9. The van der Waals surface area contributed by atoms with Gasteiger partial charge in [0.2, 0.25) is 0 Å². The SMILES string of the molecule is CC1Cc2ccc3cccc(-c4ccc5ccccc5c4N(c4ccccc4)c4ccccc4)c3c2C=C1N(c1ccccc1)c1ccc2c(c1)-c1ccccc1C2(c1ccccc1)c1ccccc1. The molecule has 1 unspecified atom stereocenters. The largest absolute Gasteiger partial charge is 0.314 e. The van der Waals surface area contributed by atoms with Gasteiger partial charge in [-0.15, -0.1) is 0 Å². The van der Waals surface area contributed by atoms with Crippen LogP contribution in [0.4, 0.5) is 28.4 Å². The third-order valence-electron chi connectivity index (χ3n) is 14.9. The Morgan fingerprint density at radius 2 is 0.914 bits per heavy atom. The molecule has 0 aliphatic heterocycles. The molecule has 0 saturated heterocycles. The van der Waals surface area contributed by atoms with Gasteiger partial charge in [-0.3, -0.25) is 0 Å². The third-order valence-corrected chi connectivity index (χ3v) is 14.9. The molecule has 2 aliphatic rings. The molecule has 0 saturated carbocycles. The Labute approximate surface area is 410 Å². The molecule has 0 amide bonds. The molecule has 2 heteroatoms. The van der Waals surface area contributed by atoms with Gasteiger partial charge in [0.15, 0.2) is 0 Å². The zero-order valence-electron chi connectivity index (χ0n) is 39.1. The maximum Gasteiger partial charge on any atom is 0.0713 e. The Morgan fingerprint density at radius 3 is 1.59 bits per heavy atom. The summed E-state index contributed by atoms with van der Waals surface area (Å²) in [4.78, 5) is 4.99. The van der Waals surface area contributed by atoms with E-state index in [2.05, 4.69) is 284 Å². The highest BCUT2D eigenvalue weighted by Gasteiger charge is 2.46. The number of hydrogen-bond acceptors (Lipinski definition) is 2. The first-order chi connectivity index (χ1) is 34.7. The van der Waals surface area contributed by atoms with Gasteiger partial charge in [0.05, 0.1) is 11.1 Å². The Hall–Kier alpha value is -8.72. The Balaban J connectivity index is 1.04. The monoisotopic (exact) mass is 894 g/mol. The summed E-state index contributed by atoms with van der Waals surface area (Å²) in [7, 11) is 0. The minimum Gasteiger partial charge on any atom is -0.314 e. The van der Waals surface area contributed by atoms with Crippen LogP contribution in [0, 0.1) is 5.92 Å². The second kappa shape index (κ2) is 17.1. The van der Waals surface area contributed by atoms with E-state index >= 15 is 0 Å². The fraction of sp³-hybridized carbons (Fsp3) is 0.0588. The van der Waals surface area contributed by atoms with Crippen molar-refractivity contribution in [2.24, 2.45) is 5.92 Å². The molecule has 0 spiro atoms. The van der Waals surface area contributed by atoms with Gasteiger partial charge in [0.25, 0.3) is 0 Å². The van der Waals surface area contributed by atoms with Gasteiger partial charge in [-0.25, -0.2) is 0 Å². The van der Waals surface area contributed by atoms with Crippen molar-refractivity contribution in [3.63, 3.8) is 0 Å². The molecule has 332 valence electrons. The van der Waals surface area contributed by atoms with Gasteiger partial charge < -0.3 is 9.80 Å². The molecule has 0 aromatic heterocycles. The molecule has 0 radical (unpaired) electrons. The van der Waals surface area contributed by atoms with Crippen LogP contribution in [-0.4, -0.2) is 0 Å². The predicted molar refractivity (Wildman–Crippen MR) is 295 cm³/mol. The maximum absolute atomic E-state index is 2.54. The smallest absolute Gasteiger partial charge is 0.0713 e. The Bertz CT molecular complexity index is 3670. The molecule has 0 fully saturated rings. The molecule has 0 bridgehead atoms. The summed E-state index contributed by atoms with van der Waals surface area (Å²) < 4.78 is 0. The molecule has 2 aliphatic carbocycles. The number of para-hydroxylation sites is 3. The summed E-state index contributed by atoms with van der Waals surface area (Å²) in [6.45, 7) is 2.40. The molecule has 0 heterocycles. The van der Waals surface area contributed by atoms with E-state index in [1.807, 2.05) is 0 Å². The van der Waals surface area contributed by atoms with Crippen LogP contribution in [0.25, 0.3) is 49.9 Å². The number of rotatable bonds is 9. The lowest BCUT2D eigenvalue weighted by Gasteiger charge is -2.36. The number of allylic oxidation sites excluding steroid dienone is 1. The minimum absolute atomic E-state index is 0.230. The molecular formula is C68H50N2. The van der Waals surface area contributed by atoms with Crippen LogP contribution in [0.15, 0.2) is 267 Å². The van der Waals surface area contributed by atoms with E-state index in [0.717, 1.165) is 29.2 Å². The van der Waals surface area contributed by atoms with Gasteiger partial charge in [0.1, 0.15) is 0 Å². The summed E-state index contributed by atoms with van der Waals surface area (Å²) in [5.74, 6) is 0.230. The highest BCUT2D eigenvalue weighted by molar-refractivity contribution is 6.12. The quantitative estimate of drug-likeness (QED) is 0.142. The van der Waals surface area contributed by atoms with E-state index in [0.29, 0.717) is 0 Å². The average molecular weight is 895 g/mol. The lowest BCUT2D eigenvalue weighted by Crippen LogP contribution is -2.28. The summed E-state index contributed by atoms with van der Waals surface area (Å²) >= 11 is 0. The normalized spacial score (nSPS) is 14.4. The summed E-state index contributed by atoms with van der Waals surface area (Å²) in [6.07, 6.45) is 3.44. The van der Waals surface area contributed by atoms with Gasteiger partial charge in [0, 0.05) is 45.3 Å². The number of anilines is 5. The van der Waals surface area contributed by atoms with Crippen molar-refractivity contribution in [2.45, 2.75) is 18.8 Å². The van der Waals surface area contributed by atoms with E-state index in [1.54, 1.807) is 0 Å². The average Bonchev–Trinajstić information content (AvgIpc) is 3.73. The molecule has 11 aromatic rings. The number of hydrogen-bond donors (Lipinski definition) is 0. The molecule has 11 aromatic carbocycles. The topological polar surface area (TPSA) is 6.48 Å². The molecular weight excluding hydrogens is 845 g/mol. The van der Waals surface area contributed by atoms with Crippen molar-refractivity contribution in [1.82, 2.24) is 0 Å². The summed E-state index contributed by atoms with van der Waals surface area (Å²) in [6, 6.07) is 96.2. The molecule has 0 N–H and O–H groups in total. The standard InChI is InChI=1S/C68H50N2/c1-47-44-50-39-38-49-23-21-36-59(60-42-40-48-22-17-18-34-57(48)67(60)70(54-30-13-5-14-31-54)55-32-15-6-16-33-55)66(49)61(50)46-65(47)69(53-28-11-4-12-29-53)56-41-43-64-62(45-56)58-35-19-20-37-63(58)68(64,51-24-7-2-8-25-51)52-26-9-3-10-27-52/h2-43,45-47H,44H2,1H3. The third kappa shape index (κ3) is 6.63. The fourth-order valence-corrected chi connectivity index (χ4v) is 11.9. The van der Waals surface area contributed by atoms with Crippen LogP contribution in [0.1, 0.15) is 40.3 Å². The maximum atomic E-state index is 2.54. The molecule has 1 atom stereocenters. The van der Waals surface area contributed by atoms with Crippen LogP contribution >= 0.6 is 0 Å². The highest BCUT2D eigenvalue weighted by Crippen LogP contribution is 2.57. The number of fused-ring (bicyclic) bond motifs is 7. The van der Waals surface area contributed by atoms with Gasteiger partial charge in [-0.05, 0) is 127 Å². The van der Waals surface area contributed by atoms with E-state index in [-0.39, 0.29) is 5.92 Å². The first kappa shape index (κ1) is 41.5. The van der Waals surface area contributed by atoms with E-state index in [4.69, 9.17) is 0 Å². The Morgan fingerprint density at radius 1 is 0.386 bits per heavy atom. The highest BCUT2D eigenvalue weighted by atomic mass is 15.2. The zero-order chi connectivity index (χ0) is 46.6. The van der Waals surface area contributed by atoms with Crippen LogP contribution < -0.4 is 9.80 Å².